The fourth-order valence-corrected chi connectivity index (χ4v) is 2.82. The van der Waals surface area contributed by atoms with E-state index in [0.717, 1.165) is 36.8 Å². The molecule has 1 aliphatic carbocycles. The van der Waals surface area contributed by atoms with Crippen LogP contribution in [-0.4, -0.2) is 23.5 Å². The van der Waals surface area contributed by atoms with Crippen LogP contribution in [0.1, 0.15) is 50.2 Å². The molecule has 1 saturated carbocycles. The first-order valence-corrected chi connectivity index (χ1v) is 7.46. The molecule has 0 aliphatic heterocycles. The number of hydrogen-bond donors (Lipinski definition) is 1. The maximum atomic E-state index is 11.6. The fourth-order valence-electron chi connectivity index (χ4n) is 2.82. The molecule has 0 radical (unpaired) electrons. The molecule has 2 rings (SSSR count). The van der Waals surface area contributed by atoms with E-state index in [1.807, 2.05) is 24.3 Å². The van der Waals surface area contributed by atoms with Gasteiger partial charge in [-0.3, -0.25) is 9.59 Å². The molecule has 4 nitrogen and oxygen atoms in total. The van der Waals surface area contributed by atoms with Crippen LogP contribution in [0.2, 0.25) is 0 Å². The number of hydrogen-bond acceptors (Lipinski definition) is 4. The fraction of sp³-hybridized carbons (Fsp3) is 0.529. The number of carbonyl (C=O) groups is 2. The van der Waals surface area contributed by atoms with Gasteiger partial charge in [-0.1, -0.05) is 43.5 Å². The number of aliphatic hydroxyl groups is 1. The zero-order valence-electron chi connectivity index (χ0n) is 12.4. The molecule has 0 aromatic heterocycles. The molecular formula is C17H22O4. The molecule has 1 aliphatic rings. The summed E-state index contributed by atoms with van der Waals surface area (Å²) in [5.41, 5.74) is 1.09. The Kier molecular flexibility index (Phi) is 5.12. The molecule has 1 aromatic rings. The van der Waals surface area contributed by atoms with Crippen molar-refractivity contribution in [1.29, 1.82) is 0 Å². The third-order valence-corrected chi connectivity index (χ3v) is 4.01. The summed E-state index contributed by atoms with van der Waals surface area (Å²) in [5, 5.41) is 10.6. The van der Waals surface area contributed by atoms with Crippen LogP contribution in [0.5, 0.6) is 0 Å². The van der Waals surface area contributed by atoms with Crippen LogP contribution in [0.4, 0.5) is 0 Å². The monoisotopic (exact) mass is 290 g/mol. The normalized spacial score (nSPS) is 17.2. The molecule has 0 unspecified atom stereocenters. The van der Waals surface area contributed by atoms with Gasteiger partial charge in [0, 0.05) is 13.3 Å². The van der Waals surface area contributed by atoms with E-state index in [-0.39, 0.29) is 18.8 Å². The molecule has 4 heteroatoms. The lowest BCUT2D eigenvalue weighted by atomic mass is 9.79. The van der Waals surface area contributed by atoms with Crippen molar-refractivity contribution >= 4 is 11.8 Å². The molecule has 0 bridgehead atoms. The van der Waals surface area contributed by atoms with E-state index in [0.29, 0.717) is 0 Å². The molecule has 0 spiro atoms. The molecule has 0 atom stereocenters. The van der Waals surface area contributed by atoms with E-state index in [4.69, 9.17) is 0 Å². The molecule has 21 heavy (non-hydrogen) atoms. The minimum absolute atomic E-state index is 0.130. The summed E-state index contributed by atoms with van der Waals surface area (Å²) in [5.74, 6) is -0.576. The second-order valence-corrected chi connectivity index (χ2v) is 5.78. The van der Waals surface area contributed by atoms with Gasteiger partial charge in [-0.2, -0.15) is 0 Å². The second kappa shape index (κ2) is 6.85. The van der Waals surface area contributed by atoms with Gasteiger partial charge in [0.05, 0.1) is 5.60 Å². The predicted octanol–water partition coefficient (Wildman–Crippen LogP) is 2.51. The van der Waals surface area contributed by atoms with Crippen molar-refractivity contribution in [3.63, 3.8) is 0 Å². The van der Waals surface area contributed by atoms with Gasteiger partial charge in [-0.15, -0.1) is 0 Å². The van der Waals surface area contributed by atoms with Crippen LogP contribution >= 0.6 is 0 Å². The Bertz CT molecular complexity index is 498. The Morgan fingerprint density at radius 1 is 1.14 bits per heavy atom. The molecule has 1 N–H and O–H groups in total. The number of ether oxygens (including phenoxy) is 1. The van der Waals surface area contributed by atoms with Crippen molar-refractivity contribution in [1.82, 2.24) is 0 Å². The predicted molar refractivity (Wildman–Crippen MR) is 78.8 cm³/mol. The van der Waals surface area contributed by atoms with Gasteiger partial charge in [0.1, 0.15) is 6.61 Å². The number of rotatable bonds is 5. The lowest BCUT2D eigenvalue weighted by molar-refractivity contribution is -0.145. The molecule has 0 heterocycles. The van der Waals surface area contributed by atoms with Gasteiger partial charge < -0.3 is 9.84 Å². The molecule has 0 saturated heterocycles. The minimum Gasteiger partial charge on any atom is -0.458 e. The summed E-state index contributed by atoms with van der Waals surface area (Å²) in [6.45, 7) is 1.11. The highest BCUT2D eigenvalue weighted by Crippen LogP contribution is 2.36. The highest BCUT2D eigenvalue weighted by Gasteiger charge is 2.30. The van der Waals surface area contributed by atoms with Crippen LogP contribution in [0.3, 0.4) is 0 Å². The largest absolute Gasteiger partial charge is 0.458 e. The van der Waals surface area contributed by atoms with Gasteiger partial charge in [0.25, 0.3) is 0 Å². The lowest BCUT2D eigenvalue weighted by Crippen LogP contribution is -2.28. The third-order valence-electron chi connectivity index (χ3n) is 4.01. The van der Waals surface area contributed by atoms with Crippen LogP contribution < -0.4 is 0 Å². The Balaban J connectivity index is 1.95. The number of esters is 1. The van der Waals surface area contributed by atoms with Crippen molar-refractivity contribution in [2.45, 2.75) is 51.0 Å². The van der Waals surface area contributed by atoms with Crippen LogP contribution in [0.15, 0.2) is 24.3 Å². The molecule has 1 fully saturated rings. The van der Waals surface area contributed by atoms with E-state index in [2.05, 4.69) is 4.74 Å². The topological polar surface area (TPSA) is 63.6 Å². The van der Waals surface area contributed by atoms with Crippen molar-refractivity contribution in [3.05, 3.63) is 35.4 Å². The number of benzene rings is 1. The van der Waals surface area contributed by atoms with Crippen molar-refractivity contribution < 1.29 is 19.4 Å². The Hall–Kier alpha value is -1.68. The summed E-state index contributed by atoms with van der Waals surface area (Å²) < 4.78 is 4.68. The zero-order valence-corrected chi connectivity index (χ0v) is 12.4. The van der Waals surface area contributed by atoms with E-state index < -0.39 is 11.6 Å². The standard InChI is InChI=1S/C17H22O4/c1-13(18)21-12-16(19)11-14-5-7-15(8-6-14)17(20)9-3-2-4-10-17/h5-8,20H,2-4,9-12H2,1H3. The maximum absolute atomic E-state index is 11.6. The van der Waals surface area contributed by atoms with Gasteiger partial charge in [0.2, 0.25) is 0 Å². The second-order valence-electron chi connectivity index (χ2n) is 5.78. The van der Waals surface area contributed by atoms with Crippen LogP contribution in [0.25, 0.3) is 0 Å². The summed E-state index contributed by atoms with van der Waals surface area (Å²) in [7, 11) is 0. The first-order chi connectivity index (χ1) is 9.99. The van der Waals surface area contributed by atoms with Crippen LogP contribution in [-0.2, 0) is 26.3 Å². The molecular weight excluding hydrogens is 268 g/mol. The highest BCUT2D eigenvalue weighted by atomic mass is 16.5. The summed E-state index contributed by atoms with van der Waals surface area (Å²) in [4.78, 5) is 22.3. The minimum atomic E-state index is -0.710. The molecule has 1 aromatic carbocycles. The highest BCUT2D eigenvalue weighted by molar-refractivity contribution is 5.83. The number of carbonyl (C=O) groups excluding carboxylic acids is 2. The average Bonchev–Trinajstić information content (AvgIpc) is 2.46. The summed E-state index contributed by atoms with van der Waals surface area (Å²) in [6.07, 6.45) is 5.14. The van der Waals surface area contributed by atoms with E-state index in [1.165, 1.54) is 13.3 Å². The number of Topliss-reactive ketones (excluding diaryl/α,β-unsaturated/α-hetero) is 1. The Morgan fingerprint density at radius 3 is 2.33 bits per heavy atom. The van der Waals surface area contributed by atoms with Gasteiger partial charge in [-0.05, 0) is 24.0 Å². The zero-order chi connectivity index (χ0) is 15.3. The average molecular weight is 290 g/mol. The van der Waals surface area contributed by atoms with Gasteiger partial charge in [0.15, 0.2) is 5.78 Å². The molecule has 114 valence electrons. The van der Waals surface area contributed by atoms with Crippen LogP contribution in [0, 0.1) is 0 Å². The smallest absolute Gasteiger partial charge is 0.303 e. The van der Waals surface area contributed by atoms with Gasteiger partial charge in [-0.25, -0.2) is 0 Å². The quantitative estimate of drug-likeness (QED) is 0.846. The van der Waals surface area contributed by atoms with Crippen molar-refractivity contribution in [3.8, 4) is 0 Å². The third kappa shape index (κ3) is 4.39. The number of ketones is 1. The first-order valence-electron chi connectivity index (χ1n) is 7.46. The molecule has 0 amide bonds. The summed E-state index contributed by atoms with van der Waals surface area (Å²) in [6, 6.07) is 7.54. The van der Waals surface area contributed by atoms with E-state index in [1.54, 1.807) is 0 Å². The summed E-state index contributed by atoms with van der Waals surface area (Å²) >= 11 is 0. The Morgan fingerprint density at radius 2 is 1.76 bits per heavy atom. The SMILES string of the molecule is CC(=O)OCC(=O)Cc1ccc(C2(O)CCCCC2)cc1. The maximum Gasteiger partial charge on any atom is 0.303 e. The van der Waals surface area contributed by atoms with Crippen molar-refractivity contribution in [2.75, 3.05) is 6.61 Å². The first kappa shape index (κ1) is 15.7. The van der Waals surface area contributed by atoms with E-state index in [9.17, 15) is 14.7 Å². The Labute approximate surface area is 125 Å². The van der Waals surface area contributed by atoms with Crippen molar-refractivity contribution in [2.24, 2.45) is 0 Å². The van der Waals surface area contributed by atoms with E-state index >= 15 is 0 Å². The lowest BCUT2D eigenvalue weighted by Gasteiger charge is -2.32. The van der Waals surface area contributed by atoms with Gasteiger partial charge >= 0.3 is 5.97 Å².